The maximum Gasteiger partial charge on any atom is 0.262 e. The molecule has 2 aromatic carbocycles. The van der Waals surface area contributed by atoms with Crippen LogP contribution in [-0.4, -0.2) is 38.3 Å². The summed E-state index contributed by atoms with van der Waals surface area (Å²) in [6, 6.07) is 10.6. The Morgan fingerprint density at radius 3 is 2.41 bits per heavy atom. The topological polar surface area (TPSA) is 75.7 Å². The summed E-state index contributed by atoms with van der Waals surface area (Å²) in [4.78, 5) is 12.6. The second kappa shape index (κ2) is 8.97. The third kappa shape index (κ3) is 5.16. The molecule has 1 fully saturated rings. The van der Waals surface area contributed by atoms with Gasteiger partial charge in [0, 0.05) is 18.8 Å². The Labute approximate surface area is 172 Å². The summed E-state index contributed by atoms with van der Waals surface area (Å²) in [5.74, 6) is 0.324. The lowest BCUT2D eigenvalue weighted by molar-refractivity contribution is -0.118. The molecule has 156 valence electrons. The second-order valence-corrected chi connectivity index (χ2v) is 9.49. The molecule has 0 atom stereocenters. The van der Waals surface area contributed by atoms with Crippen molar-refractivity contribution in [1.29, 1.82) is 0 Å². The van der Waals surface area contributed by atoms with E-state index in [4.69, 9.17) is 4.74 Å². The highest BCUT2D eigenvalue weighted by Gasteiger charge is 2.26. The predicted molar refractivity (Wildman–Crippen MR) is 114 cm³/mol. The minimum absolute atomic E-state index is 0.146. The van der Waals surface area contributed by atoms with Crippen LogP contribution in [0, 0.1) is 20.8 Å². The van der Waals surface area contributed by atoms with E-state index in [0.29, 0.717) is 24.5 Å². The molecular formula is C22H28N2O4S. The fraction of sp³-hybridized carbons (Fsp3) is 0.409. The monoisotopic (exact) mass is 416 g/mol. The van der Waals surface area contributed by atoms with Crippen molar-refractivity contribution in [1.82, 2.24) is 4.31 Å². The quantitative estimate of drug-likeness (QED) is 0.777. The molecule has 0 spiro atoms. The highest BCUT2D eigenvalue weighted by atomic mass is 32.2. The van der Waals surface area contributed by atoms with Crippen LogP contribution in [0.5, 0.6) is 5.75 Å². The summed E-state index contributed by atoms with van der Waals surface area (Å²) in [7, 11) is -3.55. The van der Waals surface area contributed by atoms with Crippen molar-refractivity contribution in [3.63, 3.8) is 0 Å². The van der Waals surface area contributed by atoms with Crippen LogP contribution in [0.25, 0.3) is 0 Å². The maximum atomic E-state index is 12.9. The summed E-state index contributed by atoms with van der Waals surface area (Å²) in [6.07, 6.45) is 2.82. The van der Waals surface area contributed by atoms with Gasteiger partial charge in [0.05, 0.1) is 4.90 Å². The largest absolute Gasteiger partial charge is 0.483 e. The maximum absolute atomic E-state index is 12.9. The summed E-state index contributed by atoms with van der Waals surface area (Å²) in [5.41, 5.74) is 3.37. The van der Waals surface area contributed by atoms with Gasteiger partial charge in [-0.2, -0.15) is 4.31 Å². The molecular weight excluding hydrogens is 388 g/mol. The molecule has 0 saturated carbocycles. The fourth-order valence-corrected chi connectivity index (χ4v) is 4.99. The molecule has 2 aromatic rings. The number of piperidine rings is 1. The SMILES string of the molecule is Cc1ccc(OCC(=O)Nc2cc(S(=O)(=O)N3CCCCC3)ccc2C)c(C)c1. The summed E-state index contributed by atoms with van der Waals surface area (Å²) >= 11 is 0. The standard InChI is InChI=1S/C22H28N2O4S/c1-16-7-10-21(18(3)13-16)28-15-22(25)23-20-14-19(9-8-17(20)2)29(26,27)24-11-5-4-6-12-24/h7-10,13-14H,4-6,11-12,15H2,1-3H3,(H,23,25). The third-order valence-electron chi connectivity index (χ3n) is 5.13. The molecule has 0 unspecified atom stereocenters. The zero-order valence-electron chi connectivity index (χ0n) is 17.2. The van der Waals surface area contributed by atoms with Crippen LogP contribution in [0.15, 0.2) is 41.3 Å². The van der Waals surface area contributed by atoms with Gasteiger partial charge in [-0.15, -0.1) is 0 Å². The van der Waals surface area contributed by atoms with Gasteiger partial charge in [0.25, 0.3) is 5.91 Å². The number of hydrogen-bond donors (Lipinski definition) is 1. The Hall–Kier alpha value is -2.38. The predicted octanol–water partition coefficient (Wildman–Crippen LogP) is 3.80. The number of carbonyl (C=O) groups is 1. The lowest BCUT2D eigenvalue weighted by atomic mass is 10.1. The molecule has 29 heavy (non-hydrogen) atoms. The molecule has 0 aromatic heterocycles. The Morgan fingerprint density at radius 2 is 1.72 bits per heavy atom. The molecule has 1 aliphatic heterocycles. The summed E-state index contributed by atoms with van der Waals surface area (Å²) in [5, 5.41) is 2.78. The van der Waals surface area contributed by atoms with Gasteiger partial charge >= 0.3 is 0 Å². The van der Waals surface area contributed by atoms with Gasteiger partial charge in [-0.25, -0.2) is 8.42 Å². The highest BCUT2D eigenvalue weighted by Crippen LogP contribution is 2.25. The number of amides is 1. The number of ether oxygens (including phenoxy) is 1. The third-order valence-corrected chi connectivity index (χ3v) is 7.02. The van der Waals surface area contributed by atoms with E-state index < -0.39 is 10.0 Å². The number of rotatable bonds is 6. The van der Waals surface area contributed by atoms with Crippen LogP contribution >= 0.6 is 0 Å². The van der Waals surface area contributed by atoms with Crippen LogP contribution in [0.3, 0.4) is 0 Å². The average molecular weight is 417 g/mol. The van der Waals surface area contributed by atoms with Crippen LogP contribution in [0.1, 0.15) is 36.0 Å². The molecule has 7 heteroatoms. The molecule has 1 saturated heterocycles. The van der Waals surface area contributed by atoms with Crippen molar-refractivity contribution in [2.45, 2.75) is 44.9 Å². The molecule has 0 radical (unpaired) electrons. The van der Waals surface area contributed by atoms with Crippen molar-refractivity contribution in [2.24, 2.45) is 0 Å². The summed E-state index contributed by atoms with van der Waals surface area (Å²) in [6.45, 7) is 6.70. The zero-order valence-corrected chi connectivity index (χ0v) is 18.0. The molecule has 1 amide bonds. The van der Waals surface area contributed by atoms with E-state index in [2.05, 4.69) is 5.32 Å². The molecule has 3 rings (SSSR count). The van der Waals surface area contributed by atoms with Crippen LogP contribution in [0.2, 0.25) is 0 Å². The Kier molecular flexibility index (Phi) is 6.59. The molecule has 1 N–H and O–H groups in total. The van der Waals surface area contributed by atoms with Crippen molar-refractivity contribution >= 4 is 21.6 Å². The Balaban J connectivity index is 1.70. The average Bonchev–Trinajstić information content (AvgIpc) is 2.69. The van der Waals surface area contributed by atoms with Crippen LogP contribution in [-0.2, 0) is 14.8 Å². The number of aryl methyl sites for hydroxylation is 3. The second-order valence-electron chi connectivity index (χ2n) is 7.55. The number of sulfonamides is 1. The van der Waals surface area contributed by atoms with Crippen molar-refractivity contribution in [2.75, 3.05) is 25.0 Å². The number of carbonyl (C=O) groups excluding carboxylic acids is 1. The normalized spacial score (nSPS) is 15.1. The van der Waals surface area contributed by atoms with E-state index in [9.17, 15) is 13.2 Å². The highest BCUT2D eigenvalue weighted by molar-refractivity contribution is 7.89. The van der Waals surface area contributed by atoms with Crippen molar-refractivity contribution in [3.05, 3.63) is 53.1 Å². The van der Waals surface area contributed by atoms with Crippen molar-refractivity contribution < 1.29 is 17.9 Å². The van der Waals surface area contributed by atoms with E-state index in [1.807, 2.05) is 39.0 Å². The van der Waals surface area contributed by atoms with Crippen molar-refractivity contribution in [3.8, 4) is 5.75 Å². The van der Waals surface area contributed by atoms with E-state index in [1.54, 1.807) is 12.1 Å². The first kappa shape index (κ1) is 21.3. The van der Waals surface area contributed by atoms with Crippen LogP contribution < -0.4 is 10.1 Å². The smallest absolute Gasteiger partial charge is 0.262 e. The first-order chi connectivity index (χ1) is 13.8. The first-order valence-electron chi connectivity index (χ1n) is 9.88. The molecule has 0 aliphatic carbocycles. The zero-order chi connectivity index (χ0) is 21.0. The molecule has 1 aliphatic rings. The van der Waals surface area contributed by atoms with E-state index in [0.717, 1.165) is 36.0 Å². The number of anilines is 1. The lowest BCUT2D eigenvalue weighted by Gasteiger charge is -2.26. The van der Waals surface area contributed by atoms with Gasteiger partial charge in [0.15, 0.2) is 6.61 Å². The van der Waals surface area contributed by atoms with Crippen LogP contribution in [0.4, 0.5) is 5.69 Å². The fourth-order valence-electron chi connectivity index (χ4n) is 3.44. The van der Waals surface area contributed by atoms with Gasteiger partial charge in [0.2, 0.25) is 10.0 Å². The molecule has 0 bridgehead atoms. The van der Waals surface area contributed by atoms with Gasteiger partial charge in [-0.3, -0.25) is 4.79 Å². The van der Waals surface area contributed by atoms with Gasteiger partial charge in [-0.05, 0) is 62.9 Å². The summed E-state index contributed by atoms with van der Waals surface area (Å²) < 4.78 is 32.9. The van der Waals surface area contributed by atoms with Gasteiger partial charge in [0.1, 0.15) is 5.75 Å². The minimum atomic E-state index is -3.55. The Morgan fingerprint density at radius 1 is 1.00 bits per heavy atom. The van der Waals surface area contributed by atoms with E-state index in [-0.39, 0.29) is 17.4 Å². The molecule has 1 heterocycles. The van der Waals surface area contributed by atoms with E-state index >= 15 is 0 Å². The van der Waals surface area contributed by atoms with E-state index in [1.165, 1.54) is 10.4 Å². The first-order valence-corrected chi connectivity index (χ1v) is 11.3. The van der Waals surface area contributed by atoms with Gasteiger partial charge < -0.3 is 10.1 Å². The number of nitrogens with one attached hydrogen (secondary N) is 1. The number of nitrogens with zero attached hydrogens (tertiary/aromatic N) is 1. The van der Waals surface area contributed by atoms with Gasteiger partial charge in [-0.1, -0.05) is 30.2 Å². The number of hydrogen-bond acceptors (Lipinski definition) is 4. The number of benzene rings is 2. The Bertz CT molecular complexity index is 996. The minimum Gasteiger partial charge on any atom is -0.483 e. The molecule has 6 nitrogen and oxygen atoms in total. The lowest BCUT2D eigenvalue weighted by Crippen LogP contribution is -2.35.